The van der Waals surface area contributed by atoms with Crippen LogP contribution >= 0.6 is 0 Å². The minimum atomic E-state index is 0.480. The predicted molar refractivity (Wildman–Crippen MR) is 151 cm³/mol. The summed E-state index contributed by atoms with van der Waals surface area (Å²) in [6.45, 7) is 5.24. The van der Waals surface area contributed by atoms with E-state index in [9.17, 15) is 5.26 Å². The predicted octanol–water partition coefficient (Wildman–Crippen LogP) is 10.1. The SMILES string of the molecule is CCCCCCCCOc1ccc(C2CCC(C3CCC(CCCCCCC)CC3)CC2)nc1C#N. The van der Waals surface area contributed by atoms with Crippen molar-refractivity contribution in [2.24, 2.45) is 17.8 Å². The first kappa shape index (κ1) is 29.0. The maximum Gasteiger partial charge on any atom is 0.182 e. The van der Waals surface area contributed by atoms with Gasteiger partial charge in [-0.1, -0.05) is 97.3 Å². The summed E-state index contributed by atoms with van der Waals surface area (Å²) in [6.07, 6.45) is 27.1. The summed E-state index contributed by atoms with van der Waals surface area (Å²) in [5, 5.41) is 9.67. The highest BCUT2D eigenvalue weighted by atomic mass is 16.5. The molecule has 0 N–H and O–H groups in total. The highest BCUT2D eigenvalue weighted by Gasteiger charge is 2.31. The minimum absolute atomic E-state index is 0.480. The van der Waals surface area contributed by atoms with Gasteiger partial charge >= 0.3 is 0 Å². The van der Waals surface area contributed by atoms with Crippen LogP contribution in [-0.2, 0) is 0 Å². The quantitative estimate of drug-likeness (QED) is 0.215. The van der Waals surface area contributed by atoms with Crippen molar-refractivity contribution in [2.45, 2.75) is 148 Å². The number of hydrogen-bond donors (Lipinski definition) is 0. The molecule has 0 radical (unpaired) electrons. The lowest BCUT2D eigenvalue weighted by molar-refractivity contribution is 0.155. The Labute approximate surface area is 222 Å². The zero-order chi connectivity index (χ0) is 25.4. The summed E-state index contributed by atoms with van der Waals surface area (Å²) in [5.41, 5.74) is 1.59. The normalized spacial score (nSPS) is 24.4. The molecule has 2 aliphatic carbocycles. The van der Waals surface area contributed by atoms with Crippen molar-refractivity contribution in [3.63, 3.8) is 0 Å². The van der Waals surface area contributed by atoms with Gasteiger partial charge in [0.1, 0.15) is 6.07 Å². The van der Waals surface area contributed by atoms with Crippen molar-refractivity contribution in [1.29, 1.82) is 5.26 Å². The van der Waals surface area contributed by atoms with Gasteiger partial charge in [0.15, 0.2) is 11.4 Å². The van der Waals surface area contributed by atoms with Crippen LogP contribution in [0, 0.1) is 29.1 Å². The molecule has 0 aromatic carbocycles. The summed E-state index contributed by atoms with van der Waals surface area (Å²) in [4.78, 5) is 4.76. The van der Waals surface area contributed by atoms with Gasteiger partial charge < -0.3 is 4.74 Å². The third-order valence-corrected chi connectivity index (χ3v) is 9.21. The molecule has 0 saturated heterocycles. The highest BCUT2D eigenvalue weighted by molar-refractivity contribution is 5.39. The average molecular weight is 495 g/mol. The maximum atomic E-state index is 9.67. The lowest BCUT2D eigenvalue weighted by Gasteiger charge is -2.38. The first-order chi connectivity index (χ1) is 17.7. The van der Waals surface area contributed by atoms with Crippen LogP contribution in [0.4, 0.5) is 0 Å². The van der Waals surface area contributed by atoms with Gasteiger partial charge in [-0.3, -0.25) is 0 Å². The lowest BCUT2D eigenvalue weighted by Crippen LogP contribution is -2.25. The van der Waals surface area contributed by atoms with E-state index in [1.807, 2.05) is 6.07 Å². The Morgan fingerprint density at radius 2 is 1.33 bits per heavy atom. The van der Waals surface area contributed by atoms with E-state index in [0.29, 0.717) is 24.0 Å². The van der Waals surface area contributed by atoms with E-state index in [-0.39, 0.29) is 0 Å². The van der Waals surface area contributed by atoms with Crippen LogP contribution in [0.3, 0.4) is 0 Å². The first-order valence-corrected chi connectivity index (χ1v) is 15.8. The molecule has 1 heterocycles. The van der Waals surface area contributed by atoms with Gasteiger partial charge in [0.05, 0.1) is 6.61 Å². The van der Waals surface area contributed by atoms with E-state index in [1.165, 1.54) is 122 Å². The minimum Gasteiger partial charge on any atom is -0.491 e. The summed E-state index contributed by atoms with van der Waals surface area (Å²) in [7, 11) is 0. The third-order valence-electron chi connectivity index (χ3n) is 9.21. The number of ether oxygens (including phenoxy) is 1. The van der Waals surface area contributed by atoms with Crippen LogP contribution in [0.2, 0.25) is 0 Å². The van der Waals surface area contributed by atoms with Crippen molar-refractivity contribution in [2.75, 3.05) is 6.61 Å². The molecule has 1 aromatic heterocycles. The Balaban J connectivity index is 1.36. The second-order valence-electron chi connectivity index (χ2n) is 11.9. The second-order valence-corrected chi connectivity index (χ2v) is 11.9. The fourth-order valence-electron chi connectivity index (χ4n) is 6.82. The van der Waals surface area contributed by atoms with Crippen LogP contribution in [-0.4, -0.2) is 11.6 Å². The van der Waals surface area contributed by atoms with Crippen LogP contribution < -0.4 is 4.74 Å². The van der Waals surface area contributed by atoms with Gasteiger partial charge in [0, 0.05) is 11.6 Å². The van der Waals surface area contributed by atoms with Gasteiger partial charge in [0.25, 0.3) is 0 Å². The van der Waals surface area contributed by atoms with E-state index in [1.54, 1.807) is 0 Å². The maximum absolute atomic E-state index is 9.67. The largest absolute Gasteiger partial charge is 0.491 e. The van der Waals surface area contributed by atoms with Gasteiger partial charge in [-0.15, -0.1) is 0 Å². The Morgan fingerprint density at radius 3 is 1.97 bits per heavy atom. The molecule has 2 fully saturated rings. The van der Waals surface area contributed by atoms with Gasteiger partial charge in [-0.25, -0.2) is 4.98 Å². The van der Waals surface area contributed by atoms with E-state index in [2.05, 4.69) is 26.0 Å². The van der Waals surface area contributed by atoms with Gasteiger partial charge in [-0.2, -0.15) is 5.26 Å². The Bertz CT molecular complexity index is 753. The van der Waals surface area contributed by atoms with Crippen molar-refractivity contribution >= 4 is 0 Å². The molecular weight excluding hydrogens is 440 g/mol. The van der Waals surface area contributed by atoms with Gasteiger partial charge in [-0.05, 0) is 74.8 Å². The number of pyridine rings is 1. The third kappa shape index (κ3) is 9.72. The van der Waals surface area contributed by atoms with E-state index in [4.69, 9.17) is 9.72 Å². The monoisotopic (exact) mass is 494 g/mol. The average Bonchev–Trinajstić information content (AvgIpc) is 2.93. The lowest BCUT2D eigenvalue weighted by atomic mass is 9.68. The summed E-state index contributed by atoms with van der Waals surface area (Å²) in [6, 6.07) is 6.44. The van der Waals surface area contributed by atoms with E-state index < -0.39 is 0 Å². The van der Waals surface area contributed by atoms with Gasteiger partial charge in [0.2, 0.25) is 0 Å². The van der Waals surface area contributed by atoms with Crippen LogP contribution in [0.15, 0.2) is 12.1 Å². The summed E-state index contributed by atoms with van der Waals surface area (Å²) >= 11 is 0. The molecule has 0 atom stereocenters. The fraction of sp³-hybridized carbons (Fsp3) is 0.818. The molecule has 2 aliphatic rings. The Morgan fingerprint density at radius 1 is 0.750 bits per heavy atom. The standard InChI is InChI=1S/C33H54N2O/c1-3-5-7-9-11-13-25-36-33-24-23-31(35-32(33)26-34)30-21-19-29(20-22-30)28-17-15-27(16-18-28)14-12-10-8-6-4-2/h23-24,27-30H,3-22,25H2,1-2H3. The van der Waals surface area contributed by atoms with E-state index in [0.717, 1.165) is 29.9 Å². The first-order valence-electron chi connectivity index (χ1n) is 15.8. The molecule has 202 valence electrons. The molecule has 2 saturated carbocycles. The zero-order valence-corrected chi connectivity index (χ0v) is 23.6. The fourth-order valence-corrected chi connectivity index (χ4v) is 6.82. The Hall–Kier alpha value is -1.56. The Kier molecular flexibility index (Phi) is 13.7. The molecule has 0 spiro atoms. The highest BCUT2D eigenvalue weighted by Crippen LogP contribution is 2.44. The molecule has 3 heteroatoms. The molecule has 0 aliphatic heterocycles. The van der Waals surface area contributed by atoms with E-state index >= 15 is 0 Å². The van der Waals surface area contributed by atoms with Crippen LogP contribution in [0.25, 0.3) is 0 Å². The summed E-state index contributed by atoms with van der Waals surface area (Å²) < 4.78 is 5.94. The van der Waals surface area contributed by atoms with Crippen molar-refractivity contribution < 1.29 is 4.74 Å². The second kappa shape index (κ2) is 17.0. The van der Waals surface area contributed by atoms with Crippen molar-refractivity contribution in [3.05, 3.63) is 23.5 Å². The molecule has 0 bridgehead atoms. The molecule has 3 rings (SSSR count). The number of nitriles is 1. The molecule has 0 unspecified atom stereocenters. The van der Waals surface area contributed by atoms with Crippen LogP contribution in [0.5, 0.6) is 5.75 Å². The number of rotatable bonds is 16. The topological polar surface area (TPSA) is 45.9 Å². The molecular formula is C33H54N2O. The van der Waals surface area contributed by atoms with Crippen molar-refractivity contribution in [3.8, 4) is 11.8 Å². The number of unbranched alkanes of at least 4 members (excludes halogenated alkanes) is 9. The molecule has 36 heavy (non-hydrogen) atoms. The number of nitrogens with zero attached hydrogens (tertiary/aromatic N) is 2. The molecule has 0 amide bonds. The number of aromatic nitrogens is 1. The van der Waals surface area contributed by atoms with Crippen LogP contribution in [0.1, 0.15) is 160 Å². The molecule has 3 nitrogen and oxygen atoms in total. The summed E-state index contributed by atoms with van der Waals surface area (Å²) in [5.74, 6) is 4.07. The molecule has 1 aromatic rings. The smallest absolute Gasteiger partial charge is 0.182 e. The number of hydrogen-bond acceptors (Lipinski definition) is 3. The zero-order valence-electron chi connectivity index (χ0n) is 23.6. The van der Waals surface area contributed by atoms with Crippen molar-refractivity contribution in [1.82, 2.24) is 4.98 Å².